The SMILES string of the molecule is CCOc1c(F)cc2[nH]ncc2c1-c1ccc2nc(N)sc2n1. The van der Waals surface area contributed by atoms with Crippen LogP contribution in [0.3, 0.4) is 0 Å². The van der Waals surface area contributed by atoms with Crippen LogP contribution in [0.25, 0.3) is 32.5 Å². The maximum Gasteiger partial charge on any atom is 0.182 e. The van der Waals surface area contributed by atoms with Gasteiger partial charge in [0.15, 0.2) is 16.7 Å². The third-order valence-corrected chi connectivity index (χ3v) is 4.26. The van der Waals surface area contributed by atoms with Gasteiger partial charge in [-0.2, -0.15) is 5.10 Å². The van der Waals surface area contributed by atoms with Gasteiger partial charge in [-0.05, 0) is 19.1 Å². The molecule has 0 fully saturated rings. The summed E-state index contributed by atoms with van der Waals surface area (Å²) >= 11 is 1.29. The van der Waals surface area contributed by atoms with Crippen molar-refractivity contribution in [2.24, 2.45) is 0 Å². The van der Waals surface area contributed by atoms with Crippen LogP contribution in [0.4, 0.5) is 9.52 Å². The van der Waals surface area contributed by atoms with Crippen molar-refractivity contribution in [3.05, 3.63) is 30.2 Å². The van der Waals surface area contributed by atoms with E-state index in [9.17, 15) is 4.39 Å². The first kappa shape index (κ1) is 13.9. The van der Waals surface area contributed by atoms with Crippen molar-refractivity contribution in [2.45, 2.75) is 6.92 Å². The molecule has 1 aromatic carbocycles. The van der Waals surface area contributed by atoms with E-state index in [0.717, 1.165) is 5.39 Å². The highest BCUT2D eigenvalue weighted by molar-refractivity contribution is 7.21. The zero-order valence-corrected chi connectivity index (χ0v) is 12.9. The third kappa shape index (κ3) is 2.18. The van der Waals surface area contributed by atoms with Gasteiger partial charge >= 0.3 is 0 Å². The van der Waals surface area contributed by atoms with Gasteiger partial charge in [0.05, 0.1) is 29.6 Å². The summed E-state index contributed by atoms with van der Waals surface area (Å²) in [4.78, 5) is 9.45. The molecule has 6 nitrogen and oxygen atoms in total. The van der Waals surface area contributed by atoms with Gasteiger partial charge in [-0.25, -0.2) is 14.4 Å². The molecule has 0 radical (unpaired) electrons. The number of aromatic nitrogens is 4. The van der Waals surface area contributed by atoms with Crippen molar-refractivity contribution in [2.75, 3.05) is 12.3 Å². The second-order valence-electron chi connectivity index (χ2n) is 4.90. The largest absolute Gasteiger partial charge is 0.490 e. The second kappa shape index (κ2) is 5.17. The van der Waals surface area contributed by atoms with E-state index in [2.05, 4.69) is 20.2 Å². The maximum atomic E-state index is 14.4. The zero-order valence-electron chi connectivity index (χ0n) is 12.1. The summed E-state index contributed by atoms with van der Waals surface area (Å²) in [5.41, 5.74) is 8.20. The first-order chi connectivity index (χ1) is 11.2. The number of hydrogen-bond donors (Lipinski definition) is 2. The van der Waals surface area contributed by atoms with E-state index in [4.69, 9.17) is 10.5 Å². The highest BCUT2D eigenvalue weighted by Gasteiger charge is 2.19. The average Bonchev–Trinajstić information content (AvgIpc) is 3.12. The molecule has 3 aromatic heterocycles. The molecule has 116 valence electrons. The summed E-state index contributed by atoms with van der Waals surface area (Å²) < 4.78 is 19.9. The van der Waals surface area contributed by atoms with Gasteiger partial charge < -0.3 is 10.5 Å². The molecular weight excluding hydrogens is 317 g/mol. The number of hydrogen-bond acceptors (Lipinski definition) is 6. The van der Waals surface area contributed by atoms with Gasteiger partial charge in [-0.1, -0.05) is 11.3 Å². The van der Waals surface area contributed by atoms with E-state index in [1.165, 1.54) is 17.4 Å². The Morgan fingerprint density at radius 2 is 2.22 bits per heavy atom. The molecule has 3 N–H and O–H groups in total. The number of anilines is 1. The topological polar surface area (TPSA) is 89.7 Å². The number of fused-ring (bicyclic) bond motifs is 2. The van der Waals surface area contributed by atoms with E-state index in [1.807, 2.05) is 13.0 Å². The summed E-state index contributed by atoms with van der Waals surface area (Å²) in [6, 6.07) is 4.97. The lowest BCUT2D eigenvalue weighted by atomic mass is 10.0. The summed E-state index contributed by atoms with van der Waals surface area (Å²) in [5, 5.41) is 7.97. The predicted molar refractivity (Wildman–Crippen MR) is 88.0 cm³/mol. The first-order valence-corrected chi connectivity index (χ1v) is 7.81. The number of rotatable bonds is 3. The Kier molecular flexibility index (Phi) is 3.12. The molecule has 0 unspecified atom stereocenters. The van der Waals surface area contributed by atoms with Gasteiger partial charge in [0, 0.05) is 11.5 Å². The third-order valence-electron chi connectivity index (χ3n) is 3.47. The molecule has 3 heterocycles. The molecule has 0 aliphatic rings. The van der Waals surface area contributed by atoms with E-state index >= 15 is 0 Å². The molecule has 0 atom stereocenters. The quantitative estimate of drug-likeness (QED) is 0.601. The number of aromatic amines is 1. The molecule has 8 heteroatoms. The van der Waals surface area contributed by atoms with Crippen LogP contribution in [0, 0.1) is 5.82 Å². The normalized spacial score (nSPS) is 11.4. The highest BCUT2D eigenvalue weighted by Crippen LogP contribution is 2.39. The van der Waals surface area contributed by atoms with Gasteiger partial charge in [-0.3, -0.25) is 5.10 Å². The van der Waals surface area contributed by atoms with Crippen LogP contribution in [0.1, 0.15) is 6.92 Å². The van der Waals surface area contributed by atoms with Crippen molar-refractivity contribution in [1.82, 2.24) is 20.2 Å². The van der Waals surface area contributed by atoms with Crippen LogP contribution >= 0.6 is 11.3 Å². The smallest absolute Gasteiger partial charge is 0.182 e. The van der Waals surface area contributed by atoms with Crippen molar-refractivity contribution in [3.8, 4) is 17.0 Å². The predicted octanol–water partition coefficient (Wildman–Crippen LogP) is 3.35. The summed E-state index contributed by atoms with van der Waals surface area (Å²) in [6.45, 7) is 2.16. The number of pyridine rings is 1. The summed E-state index contributed by atoms with van der Waals surface area (Å²) in [7, 11) is 0. The molecule has 0 saturated carbocycles. The van der Waals surface area contributed by atoms with E-state index in [-0.39, 0.29) is 5.75 Å². The molecule has 0 amide bonds. The maximum absolute atomic E-state index is 14.4. The molecule has 0 aliphatic heterocycles. The van der Waals surface area contributed by atoms with Crippen LogP contribution in [0.15, 0.2) is 24.4 Å². The number of nitrogens with two attached hydrogens (primary N) is 1. The molecule has 0 saturated heterocycles. The monoisotopic (exact) mass is 329 g/mol. The number of ether oxygens (including phenoxy) is 1. The van der Waals surface area contributed by atoms with Gasteiger partial charge in [0.2, 0.25) is 0 Å². The van der Waals surface area contributed by atoms with Gasteiger partial charge in [0.25, 0.3) is 0 Å². The van der Waals surface area contributed by atoms with Gasteiger partial charge in [0.1, 0.15) is 10.3 Å². The highest BCUT2D eigenvalue weighted by atomic mass is 32.1. The van der Waals surface area contributed by atoms with Crippen LogP contribution < -0.4 is 10.5 Å². The number of halogens is 1. The van der Waals surface area contributed by atoms with Crippen molar-refractivity contribution in [3.63, 3.8) is 0 Å². The lowest BCUT2D eigenvalue weighted by Crippen LogP contribution is -1.99. The molecule has 0 spiro atoms. The number of nitrogens with zero attached hydrogens (tertiary/aromatic N) is 3. The molecular formula is C15H12FN5OS. The van der Waals surface area contributed by atoms with Crippen LogP contribution in [0.2, 0.25) is 0 Å². The average molecular weight is 329 g/mol. The fourth-order valence-corrected chi connectivity index (χ4v) is 3.26. The zero-order chi connectivity index (χ0) is 16.0. The van der Waals surface area contributed by atoms with Crippen LogP contribution in [-0.4, -0.2) is 26.8 Å². The number of H-pyrrole nitrogens is 1. The lowest BCUT2D eigenvalue weighted by Gasteiger charge is -2.12. The van der Waals surface area contributed by atoms with Gasteiger partial charge in [-0.15, -0.1) is 0 Å². The number of thiazole rings is 1. The Labute approximate surface area is 134 Å². The summed E-state index contributed by atoms with van der Waals surface area (Å²) in [5.74, 6) is -0.282. The van der Waals surface area contributed by atoms with Crippen molar-refractivity contribution in [1.29, 1.82) is 0 Å². The molecule has 23 heavy (non-hydrogen) atoms. The molecule has 4 rings (SSSR count). The number of benzene rings is 1. The fourth-order valence-electron chi connectivity index (χ4n) is 2.55. The number of nitrogen functional groups attached to an aromatic ring is 1. The Balaban J connectivity index is 2.04. The van der Waals surface area contributed by atoms with E-state index in [0.29, 0.717) is 38.9 Å². The standard InChI is InChI=1S/C15H12FN5OS/c1-2-22-13-8(16)5-11-7(6-18-21-11)12(13)9-3-4-10-14(19-9)23-15(17)20-10/h3-6H,2H2,1H3,(H2,17,20)(H,18,21). The second-order valence-corrected chi connectivity index (χ2v) is 5.91. The minimum atomic E-state index is -0.454. The van der Waals surface area contributed by atoms with E-state index in [1.54, 1.807) is 12.3 Å². The fraction of sp³-hybridized carbons (Fsp3) is 0.133. The van der Waals surface area contributed by atoms with Crippen LogP contribution in [-0.2, 0) is 0 Å². The minimum Gasteiger partial charge on any atom is -0.490 e. The Hall–Kier alpha value is -2.74. The molecule has 0 bridgehead atoms. The van der Waals surface area contributed by atoms with Crippen LogP contribution in [0.5, 0.6) is 5.75 Å². The summed E-state index contributed by atoms with van der Waals surface area (Å²) in [6.07, 6.45) is 1.64. The Morgan fingerprint density at radius 1 is 1.35 bits per heavy atom. The molecule has 0 aliphatic carbocycles. The molecule has 4 aromatic rings. The van der Waals surface area contributed by atoms with Crippen molar-refractivity contribution < 1.29 is 9.13 Å². The first-order valence-electron chi connectivity index (χ1n) is 6.99. The van der Waals surface area contributed by atoms with E-state index < -0.39 is 5.82 Å². The lowest BCUT2D eigenvalue weighted by molar-refractivity contribution is 0.323. The van der Waals surface area contributed by atoms with Crippen molar-refractivity contribution >= 4 is 37.7 Å². The number of nitrogens with one attached hydrogen (secondary N) is 1. The Bertz CT molecular complexity index is 1030. The Morgan fingerprint density at radius 3 is 3.04 bits per heavy atom. The minimum absolute atomic E-state index is 0.172.